The zero-order chi connectivity index (χ0) is 34.5. The van der Waals surface area contributed by atoms with Crippen LogP contribution in [0.3, 0.4) is 0 Å². The third-order valence-electron chi connectivity index (χ3n) is 13.6. The Labute approximate surface area is 330 Å². The number of fused-ring (bicyclic) bond motifs is 3. The van der Waals surface area contributed by atoms with E-state index in [1.54, 1.807) is 23.2 Å². The van der Waals surface area contributed by atoms with Gasteiger partial charge in [0, 0.05) is 0 Å². The van der Waals surface area contributed by atoms with E-state index in [9.17, 15) is 0 Å². The van der Waals surface area contributed by atoms with E-state index in [1.807, 2.05) is 3.28 Å². The van der Waals surface area contributed by atoms with Crippen LogP contribution in [0.25, 0.3) is 11.1 Å². The molecule has 4 bridgehead atoms. The quantitative estimate of drug-likeness (QED) is 0.219. The van der Waals surface area contributed by atoms with Crippen LogP contribution in [-0.2, 0) is 38.5 Å². The minimum atomic E-state index is -2.68. The van der Waals surface area contributed by atoms with E-state index in [0.29, 0.717) is 11.3 Å². The molecule has 0 radical (unpaired) electrons. The fraction of sp³-hybridized carbons (Fsp3) is 0.521. The van der Waals surface area contributed by atoms with Crippen LogP contribution in [0.4, 0.5) is 0 Å². The summed E-state index contributed by atoms with van der Waals surface area (Å²) in [6.07, 6.45) is 15.5. The summed E-state index contributed by atoms with van der Waals surface area (Å²) in [5, 5.41) is 0. The molecule has 0 N–H and O–H groups in total. The Morgan fingerprint density at radius 3 is 1.92 bits per heavy atom. The van der Waals surface area contributed by atoms with Gasteiger partial charge in [-0.25, -0.2) is 0 Å². The number of hydrogen-bond donors (Lipinski definition) is 0. The van der Waals surface area contributed by atoms with Crippen molar-refractivity contribution < 1.29 is 46.1 Å². The first-order chi connectivity index (χ1) is 23.2. The van der Waals surface area contributed by atoms with E-state index >= 15 is 0 Å². The monoisotopic (exact) mass is 796 g/mol. The average Bonchev–Trinajstić information content (AvgIpc) is 3.53. The zero-order valence-electron chi connectivity index (χ0n) is 32.8. The van der Waals surface area contributed by atoms with Crippen molar-refractivity contribution in [2.24, 2.45) is 29.1 Å². The second kappa shape index (κ2) is 14.3. The normalized spacial score (nSPS) is 26.3. The molecular weight excluding hydrogens is 739 g/mol. The summed E-state index contributed by atoms with van der Waals surface area (Å²) in [5.74, 6) is 3.58. The van der Waals surface area contributed by atoms with E-state index < -0.39 is 21.3 Å². The first kappa shape index (κ1) is 39.2. The van der Waals surface area contributed by atoms with Crippen LogP contribution in [0.5, 0.6) is 0 Å². The summed E-state index contributed by atoms with van der Waals surface area (Å²) in [4.78, 5) is 0. The van der Waals surface area contributed by atoms with Crippen molar-refractivity contribution in [2.45, 2.75) is 131 Å². The van der Waals surface area contributed by atoms with Crippen LogP contribution >= 0.6 is 0 Å². The first-order valence-electron chi connectivity index (χ1n) is 19.8. The second-order valence-corrected chi connectivity index (χ2v) is 25.3. The average molecular weight is 799 g/mol. The fourth-order valence-electron chi connectivity index (χ4n) is 11.6. The van der Waals surface area contributed by atoms with Crippen LogP contribution in [0.15, 0.2) is 81.2 Å². The van der Waals surface area contributed by atoms with Crippen LogP contribution in [-0.4, -0.2) is 3.21 Å². The van der Waals surface area contributed by atoms with Crippen molar-refractivity contribution >= 4 is 6.48 Å². The molecule has 3 aromatic carbocycles. The number of hydrogen-bond acceptors (Lipinski definition) is 0. The summed E-state index contributed by atoms with van der Waals surface area (Å²) >= 11 is -2.68. The largest absolute Gasteiger partial charge is 1.00 e. The van der Waals surface area contributed by atoms with Gasteiger partial charge in [0.2, 0.25) is 0 Å². The van der Waals surface area contributed by atoms with Gasteiger partial charge in [0.05, 0.1) is 0 Å². The number of benzene rings is 3. The molecule has 4 saturated carbocycles. The summed E-state index contributed by atoms with van der Waals surface area (Å²) in [7, 11) is 0. The Bertz CT molecular complexity index is 1870. The molecule has 0 aliphatic heterocycles. The summed E-state index contributed by atoms with van der Waals surface area (Å²) < 4.78 is 5.43. The Balaban J connectivity index is 0.00000224. The van der Waals surface area contributed by atoms with E-state index in [0.717, 1.165) is 30.6 Å². The van der Waals surface area contributed by atoms with Gasteiger partial charge in [0.25, 0.3) is 0 Å². The summed E-state index contributed by atoms with van der Waals surface area (Å²) in [5.41, 5.74) is 15.0. The van der Waals surface area contributed by atoms with Gasteiger partial charge in [-0.3, -0.25) is 0 Å². The minimum Gasteiger partial charge on any atom is -1.00 e. The van der Waals surface area contributed by atoms with Crippen molar-refractivity contribution in [3.8, 4) is 11.1 Å². The molecule has 0 amide bonds. The molecule has 4 fully saturated rings. The van der Waals surface area contributed by atoms with Gasteiger partial charge >= 0.3 is 308 Å². The van der Waals surface area contributed by atoms with Crippen molar-refractivity contribution in [2.75, 3.05) is 0 Å². The predicted octanol–water partition coefficient (Wildman–Crippen LogP) is 6.19. The maximum absolute atomic E-state index is 2.78. The van der Waals surface area contributed by atoms with Crippen LogP contribution in [0.1, 0.15) is 141 Å². The van der Waals surface area contributed by atoms with Gasteiger partial charge in [0.1, 0.15) is 0 Å². The van der Waals surface area contributed by atoms with Gasteiger partial charge in [-0.15, -0.1) is 0 Å². The minimum absolute atomic E-state index is 0. The molecule has 0 aromatic heterocycles. The molecule has 1 unspecified atom stereocenters. The molecule has 0 saturated heterocycles. The second-order valence-electron chi connectivity index (χ2n) is 19.3. The molecule has 3 heteroatoms. The topological polar surface area (TPSA) is 0 Å². The Morgan fingerprint density at radius 1 is 0.765 bits per heavy atom. The SMILES string of the molecule is CC/[C](c1ccccc1)=[Zr+2](\[C]1=C(C)C(CC23CC4CC(CC(C4)C2)C3)=CC1C)[c]1cc(C(C)(C)C)cc2c1Cc1ccc(C(C)(C)C)cc1-2.[Cl-].[Cl-]. The zero-order valence-corrected chi connectivity index (χ0v) is 36.8. The number of allylic oxidation sites excluding steroid dienone is 4. The molecule has 0 spiro atoms. The van der Waals surface area contributed by atoms with Gasteiger partial charge in [0.15, 0.2) is 0 Å². The van der Waals surface area contributed by atoms with Crippen LogP contribution < -0.4 is 28.1 Å². The van der Waals surface area contributed by atoms with Gasteiger partial charge < -0.3 is 24.8 Å². The van der Waals surface area contributed by atoms with Crippen molar-refractivity contribution in [1.82, 2.24) is 0 Å². The van der Waals surface area contributed by atoms with Gasteiger partial charge in [-0.05, 0) is 0 Å². The van der Waals surface area contributed by atoms with Crippen molar-refractivity contribution in [1.29, 1.82) is 0 Å². The van der Waals surface area contributed by atoms with E-state index in [4.69, 9.17) is 0 Å². The van der Waals surface area contributed by atoms with E-state index in [2.05, 4.69) is 129 Å². The Morgan fingerprint density at radius 2 is 1.35 bits per heavy atom. The van der Waals surface area contributed by atoms with Crippen molar-refractivity contribution in [3.63, 3.8) is 0 Å². The molecule has 0 nitrogen and oxygen atoms in total. The summed E-state index contributed by atoms with van der Waals surface area (Å²) in [6, 6.07) is 24.4. The number of halogens is 2. The molecule has 6 aliphatic carbocycles. The summed E-state index contributed by atoms with van der Waals surface area (Å²) in [6.45, 7) is 22.0. The predicted molar refractivity (Wildman–Crippen MR) is 208 cm³/mol. The molecular formula is C48H60Cl2Zr. The maximum atomic E-state index is 2.78. The molecule has 1 atom stereocenters. The van der Waals surface area contributed by atoms with Gasteiger partial charge in [-0.1, -0.05) is 0 Å². The molecule has 51 heavy (non-hydrogen) atoms. The van der Waals surface area contributed by atoms with Crippen LogP contribution in [0, 0.1) is 29.1 Å². The number of rotatable bonds is 6. The third kappa shape index (κ3) is 7.09. The smallest absolute Gasteiger partial charge is 1.00 e. The van der Waals surface area contributed by atoms with Gasteiger partial charge in [-0.2, -0.15) is 0 Å². The molecule has 3 aromatic rings. The molecule has 0 heterocycles. The first-order valence-corrected chi connectivity index (χ1v) is 23.4. The Kier molecular flexibility index (Phi) is 11.0. The standard InChI is InChI=1S/C21H25.C18H25.C9H10.2ClH.Zr/c1-20(2,3)16-9-7-14-11-15-8-10-17(21(4,5)6)13-19(15)18(14)12-16;1-12-3-13(2)17(4-12)11-18-8-14-5-15(9-18)7-16(6-14)10-18;1-2-6-9-7-4-3-5-8-9;;;/h7,9-10,12-13H,11H2,1-6H3;4,12,14-16H,5-11H2,1-2H3;3-5,7-8H,2H2,1H3;2*1H;/q;;;;;+2/p-2. The van der Waals surface area contributed by atoms with E-state index in [-0.39, 0.29) is 35.6 Å². The fourth-order valence-corrected chi connectivity index (χ4v) is 20.5. The van der Waals surface area contributed by atoms with Crippen LogP contribution in [0.2, 0.25) is 0 Å². The molecule has 9 rings (SSSR count). The molecule has 6 aliphatic rings. The third-order valence-corrected chi connectivity index (χ3v) is 22.4. The maximum Gasteiger partial charge on any atom is -1.00 e. The van der Waals surface area contributed by atoms with E-state index in [1.165, 1.54) is 78.3 Å². The van der Waals surface area contributed by atoms with Crippen molar-refractivity contribution in [3.05, 3.63) is 109 Å². The Hall–Kier alpha value is -1.53. The molecule has 270 valence electrons.